The van der Waals surface area contributed by atoms with Crippen molar-refractivity contribution in [3.8, 4) is 11.4 Å². The Morgan fingerprint density at radius 3 is 3.05 bits per heavy atom. The average Bonchev–Trinajstić information content (AvgIpc) is 2.96. The lowest BCUT2D eigenvalue weighted by molar-refractivity contribution is 0.0550. The Morgan fingerprint density at radius 1 is 1.38 bits per heavy atom. The molecule has 2 aromatic heterocycles. The Balaban J connectivity index is 1.95. The number of imidazole rings is 1. The predicted molar refractivity (Wildman–Crippen MR) is 79.8 cm³/mol. The quantitative estimate of drug-likeness (QED) is 0.589. The molecule has 0 atom stereocenters. The lowest BCUT2D eigenvalue weighted by Gasteiger charge is -2.01. The lowest BCUT2D eigenvalue weighted by atomic mass is 10.2. The highest BCUT2D eigenvalue weighted by Gasteiger charge is 2.10. The van der Waals surface area contributed by atoms with Gasteiger partial charge in [0, 0.05) is 18.0 Å². The number of pyridine rings is 1. The first-order chi connectivity index (χ1) is 10.3. The van der Waals surface area contributed by atoms with Crippen molar-refractivity contribution in [2.75, 3.05) is 6.61 Å². The number of esters is 1. The summed E-state index contributed by atoms with van der Waals surface area (Å²) in [5.74, 6) is 0.337. The van der Waals surface area contributed by atoms with Crippen LogP contribution < -0.4 is 0 Å². The number of hydrogen-bond donors (Lipinski definition) is 1. The standard InChI is InChI=1S/C16H13N3O2/c1-2-8-21-16(20)11-5-6-13-14(9-11)19-15(18-13)12-4-3-7-17-10-12/h2-7,9-10H,1,8H2,(H,18,19). The second kappa shape index (κ2) is 5.58. The van der Waals surface area contributed by atoms with Gasteiger partial charge in [-0.3, -0.25) is 4.98 Å². The summed E-state index contributed by atoms with van der Waals surface area (Å²) in [5.41, 5.74) is 2.94. The molecule has 0 amide bonds. The van der Waals surface area contributed by atoms with Crippen LogP contribution in [0, 0.1) is 0 Å². The molecular weight excluding hydrogens is 266 g/mol. The number of nitrogens with zero attached hydrogens (tertiary/aromatic N) is 2. The molecule has 0 aliphatic rings. The predicted octanol–water partition coefficient (Wildman–Crippen LogP) is 2.97. The van der Waals surface area contributed by atoms with Crippen molar-refractivity contribution in [3.63, 3.8) is 0 Å². The third-order valence-electron chi connectivity index (χ3n) is 2.98. The number of benzene rings is 1. The van der Waals surface area contributed by atoms with Crippen molar-refractivity contribution >= 4 is 17.0 Å². The number of H-pyrrole nitrogens is 1. The van der Waals surface area contributed by atoms with Gasteiger partial charge < -0.3 is 9.72 Å². The van der Waals surface area contributed by atoms with Crippen LogP contribution >= 0.6 is 0 Å². The summed E-state index contributed by atoms with van der Waals surface area (Å²) in [6, 6.07) is 8.98. The number of hydrogen-bond acceptors (Lipinski definition) is 4. The summed E-state index contributed by atoms with van der Waals surface area (Å²) in [6.07, 6.45) is 4.98. The van der Waals surface area contributed by atoms with Gasteiger partial charge in [-0.1, -0.05) is 12.7 Å². The largest absolute Gasteiger partial charge is 0.458 e. The van der Waals surface area contributed by atoms with Gasteiger partial charge in [0.25, 0.3) is 0 Å². The molecule has 2 heterocycles. The van der Waals surface area contributed by atoms with Crippen LogP contribution in [0.4, 0.5) is 0 Å². The fraction of sp³-hybridized carbons (Fsp3) is 0.0625. The summed E-state index contributed by atoms with van der Waals surface area (Å²) in [4.78, 5) is 23.5. The number of aromatic nitrogens is 3. The van der Waals surface area contributed by atoms with Crippen molar-refractivity contribution in [2.24, 2.45) is 0 Å². The second-order valence-corrected chi connectivity index (χ2v) is 4.45. The molecule has 1 N–H and O–H groups in total. The Hall–Kier alpha value is -2.95. The van der Waals surface area contributed by atoms with Gasteiger partial charge in [0.1, 0.15) is 12.4 Å². The van der Waals surface area contributed by atoms with Crippen LogP contribution in [0.3, 0.4) is 0 Å². The molecule has 104 valence electrons. The Kier molecular flexibility index (Phi) is 3.47. The van der Waals surface area contributed by atoms with E-state index in [0.29, 0.717) is 5.56 Å². The van der Waals surface area contributed by atoms with Gasteiger partial charge in [-0.25, -0.2) is 9.78 Å². The van der Waals surface area contributed by atoms with Gasteiger partial charge in [0.05, 0.1) is 16.6 Å². The topological polar surface area (TPSA) is 67.9 Å². The van der Waals surface area contributed by atoms with Gasteiger partial charge in [-0.05, 0) is 30.3 Å². The molecule has 0 unspecified atom stereocenters. The van der Waals surface area contributed by atoms with E-state index in [1.165, 1.54) is 6.08 Å². The molecule has 3 aromatic rings. The van der Waals surface area contributed by atoms with E-state index >= 15 is 0 Å². The van der Waals surface area contributed by atoms with Crippen molar-refractivity contribution in [1.82, 2.24) is 15.0 Å². The van der Waals surface area contributed by atoms with Gasteiger partial charge in [0.15, 0.2) is 0 Å². The Labute approximate surface area is 121 Å². The van der Waals surface area contributed by atoms with Crippen molar-refractivity contribution in [3.05, 3.63) is 60.9 Å². The van der Waals surface area contributed by atoms with E-state index in [4.69, 9.17) is 4.74 Å². The van der Waals surface area contributed by atoms with E-state index < -0.39 is 0 Å². The zero-order chi connectivity index (χ0) is 14.7. The highest BCUT2D eigenvalue weighted by atomic mass is 16.5. The normalized spacial score (nSPS) is 10.5. The molecule has 0 aliphatic heterocycles. The van der Waals surface area contributed by atoms with Crippen LogP contribution in [0.25, 0.3) is 22.4 Å². The third kappa shape index (κ3) is 2.67. The van der Waals surface area contributed by atoms with Crippen molar-refractivity contribution in [1.29, 1.82) is 0 Å². The molecule has 1 aromatic carbocycles. The molecular formula is C16H13N3O2. The molecule has 0 aliphatic carbocycles. The number of carbonyl (C=O) groups excluding carboxylic acids is 1. The maximum absolute atomic E-state index is 11.8. The minimum Gasteiger partial charge on any atom is -0.458 e. The first kappa shape index (κ1) is 13.1. The Morgan fingerprint density at radius 2 is 2.29 bits per heavy atom. The summed E-state index contributed by atoms with van der Waals surface area (Å²) in [7, 11) is 0. The number of ether oxygens (including phenoxy) is 1. The maximum Gasteiger partial charge on any atom is 0.338 e. The first-order valence-electron chi connectivity index (χ1n) is 6.46. The number of fused-ring (bicyclic) bond motifs is 1. The molecule has 0 fully saturated rings. The molecule has 0 radical (unpaired) electrons. The maximum atomic E-state index is 11.8. The molecule has 0 spiro atoms. The minimum absolute atomic E-state index is 0.195. The molecule has 5 nitrogen and oxygen atoms in total. The van der Waals surface area contributed by atoms with E-state index in [2.05, 4.69) is 21.5 Å². The number of aromatic amines is 1. The van der Waals surface area contributed by atoms with E-state index in [0.717, 1.165) is 22.4 Å². The average molecular weight is 279 g/mol. The van der Waals surface area contributed by atoms with Gasteiger partial charge in [-0.15, -0.1) is 0 Å². The van der Waals surface area contributed by atoms with Crippen LogP contribution in [-0.2, 0) is 4.74 Å². The van der Waals surface area contributed by atoms with Crippen molar-refractivity contribution in [2.45, 2.75) is 0 Å². The van der Waals surface area contributed by atoms with E-state index in [-0.39, 0.29) is 12.6 Å². The zero-order valence-corrected chi connectivity index (χ0v) is 11.2. The lowest BCUT2D eigenvalue weighted by Crippen LogP contribution is -2.04. The highest BCUT2D eigenvalue weighted by Crippen LogP contribution is 2.20. The zero-order valence-electron chi connectivity index (χ0n) is 11.2. The fourth-order valence-electron chi connectivity index (χ4n) is 1.99. The monoisotopic (exact) mass is 279 g/mol. The highest BCUT2D eigenvalue weighted by molar-refractivity contribution is 5.94. The van der Waals surface area contributed by atoms with Crippen LogP contribution in [0.1, 0.15) is 10.4 Å². The first-order valence-corrected chi connectivity index (χ1v) is 6.46. The van der Waals surface area contributed by atoms with E-state index in [1.54, 1.807) is 30.6 Å². The van der Waals surface area contributed by atoms with Gasteiger partial charge in [-0.2, -0.15) is 0 Å². The Bertz CT molecular complexity index is 794. The number of rotatable bonds is 4. The van der Waals surface area contributed by atoms with Gasteiger partial charge >= 0.3 is 5.97 Å². The van der Waals surface area contributed by atoms with Crippen LogP contribution in [0.2, 0.25) is 0 Å². The SMILES string of the molecule is C=CCOC(=O)c1ccc2nc(-c3cccnc3)[nH]c2c1. The molecule has 0 saturated carbocycles. The minimum atomic E-state index is -0.380. The fourth-order valence-corrected chi connectivity index (χ4v) is 1.99. The van der Waals surface area contributed by atoms with E-state index in [9.17, 15) is 4.79 Å². The third-order valence-corrected chi connectivity index (χ3v) is 2.98. The summed E-state index contributed by atoms with van der Waals surface area (Å²) >= 11 is 0. The van der Waals surface area contributed by atoms with Crippen LogP contribution in [-0.4, -0.2) is 27.5 Å². The molecule has 0 bridgehead atoms. The molecule has 5 heteroatoms. The van der Waals surface area contributed by atoms with Gasteiger partial charge in [0.2, 0.25) is 0 Å². The molecule has 3 rings (SSSR count). The second-order valence-electron chi connectivity index (χ2n) is 4.45. The van der Waals surface area contributed by atoms with Crippen molar-refractivity contribution < 1.29 is 9.53 Å². The number of nitrogens with one attached hydrogen (secondary N) is 1. The smallest absolute Gasteiger partial charge is 0.338 e. The van der Waals surface area contributed by atoms with E-state index in [1.807, 2.05) is 12.1 Å². The molecule has 21 heavy (non-hydrogen) atoms. The van der Waals surface area contributed by atoms with Crippen LogP contribution in [0.5, 0.6) is 0 Å². The number of carbonyl (C=O) groups is 1. The molecule has 0 saturated heterocycles. The summed E-state index contributed by atoms with van der Waals surface area (Å²) < 4.78 is 5.02. The summed E-state index contributed by atoms with van der Waals surface area (Å²) in [6.45, 7) is 3.71. The van der Waals surface area contributed by atoms with Crippen LogP contribution in [0.15, 0.2) is 55.4 Å². The summed E-state index contributed by atoms with van der Waals surface area (Å²) in [5, 5.41) is 0.